The van der Waals surface area contributed by atoms with Crippen LogP contribution in [0.1, 0.15) is 35.7 Å². The van der Waals surface area contributed by atoms with E-state index in [2.05, 4.69) is 0 Å². The van der Waals surface area contributed by atoms with Crippen LogP contribution in [0.25, 0.3) is 0 Å². The quantitative estimate of drug-likeness (QED) is 0.778. The Bertz CT molecular complexity index is 784. The highest BCUT2D eigenvalue weighted by Gasteiger charge is 2.37. The predicted molar refractivity (Wildman–Crippen MR) is 110 cm³/mol. The Morgan fingerprint density at radius 2 is 1.59 bits per heavy atom. The summed E-state index contributed by atoms with van der Waals surface area (Å²) < 4.78 is 0. The van der Waals surface area contributed by atoms with E-state index in [-0.39, 0.29) is 30.0 Å². The van der Waals surface area contributed by atoms with Crippen LogP contribution in [-0.4, -0.2) is 29.7 Å². The van der Waals surface area contributed by atoms with Crippen molar-refractivity contribution < 1.29 is 9.59 Å². The molecule has 1 aliphatic heterocycles. The molecule has 1 atom stereocenters. The fraction of sp³-hybridized carbons (Fsp3) is 0.333. The van der Waals surface area contributed by atoms with E-state index in [1.807, 2.05) is 30.3 Å². The average molecular weight is 407 g/mol. The van der Waals surface area contributed by atoms with Crippen molar-refractivity contribution in [1.29, 1.82) is 0 Å². The molecule has 2 aromatic carbocycles. The number of halogens is 2. The minimum Gasteiger partial charge on any atom is -0.341 e. The van der Waals surface area contributed by atoms with Gasteiger partial charge in [-0.3, -0.25) is 9.59 Å². The van der Waals surface area contributed by atoms with Crippen molar-refractivity contribution in [2.75, 3.05) is 13.1 Å². The zero-order valence-electron chi connectivity index (χ0n) is 15.2. The van der Waals surface area contributed by atoms with Crippen LogP contribution in [-0.2, 0) is 10.3 Å². The van der Waals surface area contributed by atoms with E-state index >= 15 is 0 Å². The summed E-state index contributed by atoms with van der Waals surface area (Å²) in [5, 5.41) is 0.616. The van der Waals surface area contributed by atoms with Crippen molar-refractivity contribution in [2.24, 2.45) is 11.7 Å². The summed E-state index contributed by atoms with van der Waals surface area (Å²) in [5.74, 6) is -0.0468. The summed E-state index contributed by atoms with van der Waals surface area (Å²) in [4.78, 5) is 27.3. The Labute approximate surface area is 171 Å². The number of hydrogen-bond acceptors (Lipinski definition) is 3. The van der Waals surface area contributed by atoms with E-state index in [1.54, 1.807) is 36.1 Å². The fourth-order valence-corrected chi connectivity index (χ4v) is 3.56. The van der Waals surface area contributed by atoms with Gasteiger partial charge < -0.3 is 10.6 Å². The van der Waals surface area contributed by atoms with Crippen LogP contribution in [0.2, 0.25) is 5.02 Å². The SMILES string of the molecule is CC(N)(C(=O)N1CCC(C(=O)c2ccc(Cl)cc2)CC1)c1ccccc1.Cl. The minimum atomic E-state index is -1.06. The van der Waals surface area contributed by atoms with Crippen molar-refractivity contribution in [3.63, 3.8) is 0 Å². The number of likely N-dealkylation sites (tertiary alicyclic amines) is 1. The van der Waals surface area contributed by atoms with Gasteiger partial charge in [0.05, 0.1) is 0 Å². The number of amides is 1. The first-order chi connectivity index (χ1) is 12.4. The molecule has 0 spiro atoms. The van der Waals surface area contributed by atoms with Crippen LogP contribution in [0.3, 0.4) is 0 Å². The van der Waals surface area contributed by atoms with E-state index in [1.165, 1.54) is 0 Å². The van der Waals surface area contributed by atoms with E-state index in [9.17, 15) is 9.59 Å². The molecule has 1 unspecified atom stereocenters. The Morgan fingerprint density at radius 3 is 2.15 bits per heavy atom. The van der Waals surface area contributed by atoms with E-state index in [0.717, 1.165) is 5.56 Å². The third kappa shape index (κ3) is 4.70. The van der Waals surface area contributed by atoms with Crippen LogP contribution in [0.5, 0.6) is 0 Å². The van der Waals surface area contributed by atoms with Crippen LogP contribution in [0.15, 0.2) is 54.6 Å². The molecule has 0 aromatic heterocycles. The topological polar surface area (TPSA) is 63.4 Å². The van der Waals surface area contributed by atoms with Gasteiger partial charge in [0, 0.05) is 29.6 Å². The molecule has 1 amide bonds. The smallest absolute Gasteiger partial charge is 0.246 e. The Morgan fingerprint density at radius 1 is 1.04 bits per heavy atom. The second-order valence-electron chi connectivity index (χ2n) is 7.01. The van der Waals surface area contributed by atoms with Gasteiger partial charge in [-0.15, -0.1) is 12.4 Å². The maximum Gasteiger partial charge on any atom is 0.246 e. The molecule has 0 saturated carbocycles. The first-order valence-electron chi connectivity index (χ1n) is 8.83. The number of carbonyl (C=O) groups is 2. The lowest BCUT2D eigenvalue weighted by molar-refractivity contribution is -0.138. The Kier molecular flexibility index (Phi) is 7.04. The first kappa shape index (κ1) is 21.4. The van der Waals surface area contributed by atoms with Crippen LogP contribution >= 0.6 is 24.0 Å². The lowest BCUT2D eigenvalue weighted by atomic mass is 9.86. The largest absolute Gasteiger partial charge is 0.341 e. The molecular formula is C21H24Cl2N2O2. The van der Waals surface area contributed by atoms with Gasteiger partial charge in [0.25, 0.3) is 0 Å². The molecule has 6 heteroatoms. The monoisotopic (exact) mass is 406 g/mol. The summed E-state index contributed by atoms with van der Waals surface area (Å²) in [5.41, 5.74) is 6.75. The predicted octanol–water partition coefficient (Wildman–Crippen LogP) is 4.06. The maximum atomic E-state index is 12.9. The van der Waals surface area contributed by atoms with Gasteiger partial charge in [-0.2, -0.15) is 0 Å². The van der Waals surface area contributed by atoms with Crippen molar-refractivity contribution in [3.8, 4) is 0 Å². The van der Waals surface area contributed by atoms with E-state index in [0.29, 0.717) is 36.5 Å². The molecule has 0 aliphatic carbocycles. The van der Waals surface area contributed by atoms with E-state index < -0.39 is 5.54 Å². The molecule has 144 valence electrons. The van der Waals surface area contributed by atoms with Crippen molar-refractivity contribution >= 4 is 35.7 Å². The lowest BCUT2D eigenvalue weighted by Crippen LogP contribution is -2.53. The summed E-state index contributed by atoms with van der Waals surface area (Å²) >= 11 is 5.88. The van der Waals surface area contributed by atoms with Gasteiger partial charge in [0.2, 0.25) is 5.91 Å². The molecular weight excluding hydrogens is 383 g/mol. The summed E-state index contributed by atoms with van der Waals surface area (Å²) in [6.45, 7) is 2.83. The van der Waals surface area contributed by atoms with Gasteiger partial charge in [-0.05, 0) is 49.6 Å². The summed E-state index contributed by atoms with van der Waals surface area (Å²) in [6.07, 6.45) is 1.30. The normalized spacial score (nSPS) is 16.9. The second kappa shape index (κ2) is 8.87. The highest BCUT2D eigenvalue weighted by molar-refractivity contribution is 6.30. The average Bonchev–Trinajstić information content (AvgIpc) is 2.68. The number of benzene rings is 2. The van der Waals surface area contributed by atoms with Gasteiger partial charge in [-0.1, -0.05) is 41.9 Å². The highest BCUT2D eigenvalue weighted by atomic mass is 35.5. The number of piperidine rings is 1. The fourth-order valence-electron chi connectivity index (χ4n) is 3.43. The standard InChI is InChI=1S/C21H23ClN2O2.ClH/c1-21(23,17-5-3-2-4-6-17)20(26)24-13-11-16(12-14-24)19(25)15-7-9-18(22)10-8-15;/h2-10,16H,11-14,23H2,1H3;1H. The molecule has 0 radical (unpaired) electrons. The molecule has 3 rings (SSSR count). The first-order valence-corrected chi connectivity index (χ1v) is 9.21. The van der Waals surface area contributed by atoms with Crippen LogP contribution < -0.4 is 5.73 Å². The number of nitrogens with zero attached hydrogens (tertiary/aromatic N) is 1. The summed E-state index contributed by atoms with van der Waals surface area (Å²) in [7, 11) is 0. The second-order valence-corrected chi connectivity index (χ2v) is 7.44. The van der Waals surface area contributed by atoms with E-state index in [4.69, 9.17) is 17.3 Å². The lowest BCUT2D eigenvalue weighted by Gasteiger charge is -2.36. The van der Waals surface area contributed by atoms with Crippen molar-refractivity contribution in [3.05, 3.63) is 70.7 Å². The Hall–Kier alpha value is -1.88. The molecule has 27 heavy (non-hydrogen) atoms. The van der Waals surface area contributed by atoms with Crippen LogP contribution in [0.4, 0.5) is 0 Å². The molecule has 2 N–H and O–H groups in total. The third-order valence-corrected chi connectivity index (χ3v) is 5.35. The zero-order chi connectivity index (χ0) is 18.7. The van der Waals surface area contributed by atoms with Gasteiger partial charge >= 0.3 is 0 Å². The third-order valence-electron chi connectivity index (χ3n) is 5.10. The molecule has 1 fully saturated rings. The van der Waals surface area contributed by atoms with Gasteiger partial charge in [0.15, 0.2) is 5.78 Å². The van der Waals surface area contributed by atoms with Crippen molar-refractivity contribution in [2.45, 2.75) is 25.3 Å². The number of Topliss-reactive ketones (excluding diaryl/α,β-unsaturated/α-hetero) is 1. The molecule has 2 aromatic rings. The Balaban J connectivity index is 0.00000261. The maximum absolute atomic E-state index is 12.9. The number of carbonyl (C=O) groups excluding carboxylic acids is 2. The van der Waals surface area contributed by atoms with Gasteiger partial charge in [0.1, 0.15) is 5.54 Å². The number of ketones is 1. The molecule has 1 saturated heterocycles. The van der Waals surface area contributed by atoms with Crippen LogP contribution in [0, 0.1) is 5.92 Å². The highest BCUT2D eigenvalue weighted by Crippen LogP contribution is 2.26. The zero-order valence-corrected chi connectivity index (χ0v) is 16.8. The molecule has 0 bridgehead atoms. The van der Waals surface area contributed by atoms with Crippen molar-refractivity contribution in [1.82, 2.24) is 4.90 Å². The molecule has 1 aliphatic rings. The number of rotatable bonds is 4. The minimum absolute atomic E-state index is 0. The number of hydrogen-bond donors (Lipinski definition) is 1. The number of nitrogens with two attached hydrogens (primary N) is 1. The molecule has 4 nitrogen and oxygen atoms in total. The summed E-state index contributed by atoms with van der Waals surface area (Å²) in [6, 6.07) is 16.4. The molecule has 1 heterocycles. The van der Waals surface area contributed by atoms with Gasteiger partial charge in [-0.25, -0.2) is 0 Å².